The molecule has 0 saturated heterocycles. The van der Waals surface area contributed by atoms with Gasteiger partial charge in [0.05, 0.1) is 24.3 Å². The molecule has 0 amide bonds. The van der Waals surface area contributed by atoms with Gasteiger partial charge in [-0.05, 0) is 36.8 Å². The summed E-state index contributed by atoms with van der Waals surface area (Å²) in [6, 6.07) is 18.2. The summed E-state index contributed by atoms with van der Waals surface area (Å²) in [5.74, 6) is 1.50. The Kier molecular flexibility index (Phi) is 5.19. The first kappa shape index (κ1) is 19.0. The maximum Gasteiger partial charge on any atom is 0.244 e. The number of aromatic amines is 1. The summed E-state index contributed by atoms with van der Waals surface area (Å²) >= 11 is 1.69. The molecule has 0 radical (unpaired) electrons. The molecule has 0 bridgehead atoms. The Morgan fingerprint density at radius 2 is 2.07 bits per heavy atom. The van der Waals surface area contributed by atoms with Crippen LogP contribution >= 0.6 is 11.8 Å². The highest BCUT2D eigenvalue weighted by Crippen LogP contribution is 2.44. The third-order valence-electron chi connectivity index (χ3n) is 4.85. The molecule has 146 valence electrons. The van der Waals surface area contributed by atoms with E-state index < -0.39 is 0 Å². The highest BCUT2D eigenvalue weighted by Gasteiger charge is 2.35. The average molecular weight is 404 g/mol. The minimum atomic E-state index is -0.369. The second-order valence-electron chi connectivity index (χ2n) is 6.72. The van der Waals surface area contributed by atoms with Gasteiger partial charge in [0.1, 0.15) is 17.4 Å². The molecule has 1 aliphatic rings. The van der Waals surface area contributed by atoms with Crippen molar-refractivity contribution in [3.63, 3.8) is 0 Å². The maximum atomic E-state index is 9.77. The van der Waals surface area contributed by atoms with Gasteiger partial charge >= 0.3 is 0 Å². The quantitative estimate of drug-likeness (QED) is 0.618. The van der Waals surface area contributed by atoms with Crippen LogP contribution in [0.25, 0.3) is 0 Å². The zero-order valence-electron chi connectivity index (χ0n) is 16.1. The number of rotatable bonds is 5. The number of allylic oxidation sites excluding steroid dienone is 1. The lowest BCUT2D eigenvalue weighted by Crippen LogP contribution is -2.21. The van der Waals surface area contributed by atoms with E-state index >= 15 is 0 Å². The van der Waals surface area contributed by atoms with Gasteiger partial charge in [0, 0.05) is 10.6 Å². The molecular weight excluding hydrogens is 384 g/mol. The number of nitrogens with two attached hydrogens (primary N) is 1. The van der Waals surface area contributed by atoms with E-state index in [0.29, 0.717) is 23.0 Å². The largest absolute Gasteiger partial charge is 0.497 e. The molecule has 0 aliphatic carbocycles. The number of hydrogen-bond acceptors (Lipinski definition) is 6. The molecule has 4 rings (SSSR count). The third-order valence-corrected chi connectivity index (χ3v) is 5.89. The molecule has 3 aromatic rings. The van der Waals surface area contributed by atoms with Crippen molar-refractivity contribution in [2.45, 2.75) is 23.5 Å². The second kappa shape index (κ2) is 7.94. The van der Waals surface area contributed by atoms with Crippen molar-refractivity contribution in [2.24, 2.45) is 5.73 Å². The molecule has 29 heavy (non-hydrogen) atoms. The van der Waals surface area contributed by atoms with Crippen LogP contribution in [0, 0.1) is 18.3 Å². The normalized spacial score (nSPS) is 15.4. The summed E-state index contributed by atoms with van der Waals surface area (Å²) in [7, 11) is 1.62. The number of hydrogen-bond donors (Lipinski definition) is 2. The molecule has 0 fully saturated rings. The average Bonchev–Trinajstić information content (AvgIpc) is 3.14. The van der Waals surface area contributed by atoms with Crippen molar-refractivity contribution in [1.82, 2.24) is 10.2 Å². The van der Waals surface area contributed by atoms with E-state index in [2.05, 4.69) is 47.5 Å². The Morgan fingerprint density at radius 1 is 1.28 bits per heavy atom. The van der Waals surface area contributed by atoms with Crippen molar-refractivity contribution in [2.75, 3.05) is 7.11 Å². The molecular formula is C22H20N4O2S. The Labute approximate surface area is 173 Å². The Hall–Kier alpha value is -3.37. The SMILES string of the molecule is COc1cccc(C2C(C#N)=C(N)Oc3n[nH]c(CSc4ccc(C)cc4)c32)c1. The van der Waals surface area contributed by atoms with Crippen LogP contribution in [0.2, 0.25) is 0 Å². The van der Waals surface area contributed by atoms with Gasteiger partial charge in [-0.25, -0.2) is 0 Å². The zero-order chi connectivity index (χ0) is 20.4. The molecule has 1 unspecified atom stereocenters. The number of fused-ring (bicyclic) bond motifs is 1. The van der Waals surface area contributed by atoms with Crippen LogP contribution in [-0.2, 0) is 5.75 Å². The summed E-state index contributed by atoms with van der Waals surface area (Å²) < 4.78 is 11.0. The Balaban J connectivity index is 1.73. The van der Waals surface area contributed by atoms with Crippen LogP contribution in [0.5, 0.6) is 11.6 Å². The Morgan fingerprint density at radius 3 is 2.79 bits per heavy atom. The van der Waals surface area contributed by atoms with E-state index in [9.17, 15) is 5.26 Å². The van der Waals surface area contributed by atoms with E-state index in [0.717, 1.165) is 21.7 Å². The minimum absolute atomic E-state index is 0.0806. The van der Waals surface area contributed by atoms with Gasteiger partial charge in [-0.1, -0.05) is 29.8 Å². The number of H-pyrrole nitrogens is 1. The summed E-state index contributed by atoms with van der Waals surface area (Å²) in [6.45, 7) is 2.07. The van der Waals surface area contributed by atoms with Gasteiger partial charge in [0.25, 0.3) is 0 Å². The first-order chi connectivity index (χ1) is 14.1. The van der Waals surface area contributed by atoms with E-state index in [1.165, 1.54) is 5.56 Å². The molecule has 1 aromatic heterocycles. The maximum absolute atomic E-state index is 9.77. The van der Waals surface area contributed by atoms with Crippen LogP contribution in [0.1, 0.15) is 28.3 Å². The Bertz CT molecular complexity index is 1110. The zero-order valence-corrected chi connectivity index (χ0v) is 16.9. The standard InChI is InChI=1S/C22H20N4O2S/c1-13-6-8-16(9-7-13)29-12-18-20-19(14-4-3-5-15(10-14)27-2)17(11-23)21(24)28-22(20)26-25-18/h3-10,19H,12,24H2,1-2H3,(H,25,26). The summed E-state index contributed by atoms with van der Waals surface area (Å²) in [6.07, 6.45) is 0. The lowest BCUT2D eigenvalue weighted by atomic mass is 9.84. The fourth-order valence-electron chi connectivity index (χ4n) is 3.36. The first-order valence-corrected chi connectivity index (χ1v) is 10.1. The summed E-state index contributed by atoms with van der Waals surface area (Å²) in [4.78, 5) is 1.16. The van der Waals surface area contributed by atoms with Crippen LogP contribution in [-0.4, -0.2) is 17.3 Å². The van der Waals surface area contributed by atoms with Crippen LogP contribution in [0.4, 0.5) is 0 Å². The predicted octanol–water partition coefficient (Wildman–Crippen LogP) is 4.24. The second-order valence-corrected chi connectivity index (χ2v) is 7.77. The number of benzene rings is 2. The molecule has 0 spiro atoms. The third kappa shape index (κ3) is 3.67. The fourth-order valence-corrected chi connectivity index (χ4v) is 4.22. The molecule has 7 heteroatoms. The fraction of sp³-hybridized carbons (Fsp3) is 0.182. The van der Waals surface area contributed by atoms with Crippen LogP contribution in [0.3, 0.4) is 0 Å². The first-order valence-electron chi connectivity index (χ1n) is 9.09. The molecule has 3 N–H and O–H groups in total. The van der Waals surface area contributed by atoms with Gasteiger partial charge in [-0.15, -0.1) is 16.9 Å². The number of nitriles is 1. The topological polar surface area (TPSA) is 96.9 Å². The van der Waals surface area contributed by atoms with Crippen molar-refractivity contribution in [3.05, 3.63) is 82.4 Å². The highest BCUT2D eigenvalue weighted by molar-refractivity contribution is 7.98. The summed E-state index contributed by atoms with van der Waals surface area (Å²) in [5.41, 5.74) is 10.3. The van der Waals surface area contributed by atoms with Gasteiger partial charge in [0.2, 0.25) is 11.8 Å². The van der Waals surface area contributed by atoms with E-state index in [1.54, 1.807) is 18.9 Å². The van der Waals surface area contributed by atoms with Gasteiger partial charge < -0.3 is 15.2 Å². The molecule has 6 nitrogen and oxygen atoms in total. The van der Waals surface area contributed by atoms with Crippen LogP contribution < -0.4 is 15.2 Å². The highest BCUT2D eigenvalue weighted by atomic mass is 32.2. The van der Waals surface area contributed by atoms with Crippen molar-refractivity contribution in [1.29, 1.82) is 5.26 Å². The smallest absolute Gasteiger partial charge is 0.244 e. The van der Waals surface area contributed by atoms with Crippen molar-refractivity contribution in [3.8, 4) is 17.7 Å². The number of nitrogens with zero attached hydrogens (tertiary/aromatic N) is 2. The lowest BCUT2D eigenvalue weighted by molar-refractivity contribution is 0.378. The monoisotopic (exact) mass is 404 g/mol. The number of thioether (sulfide) groups is 1. The number of nitrogens with one attached hydrogen (secondary N) is 1. The molecule has 2 aromatic carbocycles. The molecule has 1 aliphatic heterocycles. The van der Waals surface area contributed by atoms with Gasteiger partial charge in [-0.3, -0.25) is 5.10 Å². The summed E-state index contributed by atoms with van der Waals surface area (Å²) in [5, 5.41) is 17.2. The van der Waals surface area contributed by atoms with Gasteiger partial charge in [0.15, 0.2) is 0 Å². The number of aromatic nitrogens is 2. The van der Waals surface area contributed by atoms with Crippen molar-refractivity contribution < 1.29 is 9.47 Å². The van der Waals surface area contributed by atoms with E-state index in [1.807, 2.05) is 24.3 Å². The minimum Gasteiger partial charge on any atom is -0.497 e. The van der Waals surface area contributed by atoms with Gasteiger partial charge in [-0.2, -0.15) is 5.26 Å². The number of aryl methyl sites for hydroxylation is 1. The van der Waals surface area contributed by atoms with Crippen LogP contribution in [0.15, 0.2) is 64.9 Å². The van der Waals surface area contributed by atoms with Crippen molar-refractivity contribution >= 4 is 11.8 Å². The molecule has 0 saturated carbocycles. The number of ether oxygens (including phenoxy) is 2. The predicted molar refractivity (Wildman–Crippen MR) is 112 cm³/mol. The molecule has 2 heterocycles. The number of methoxy groups -OCH3 is 1. The lowest BCUT2D eigenvalue weighted by Gasteiger charge is -2.24. The van der Waals surface area contributed by atoms with E-state index in [-0.39, 0.29) is 11.8 Å². The molecule has 1 atom stereocenters. The van der Waals surface area contributed by atoms with E-state index in [4.69, 9.17) is 15.2 Å².